The minimum atomic E-state index is -0.917. The minimum Gasteiger partial charge on any atom is -0.461 e. The third-order valence-corrected chi connectivity index (χ3v) is 12.9. The lowest BCUT2D eigenvalue weighted by Gasteiger charge is -2.61. The molecule has 0 heterocycles. The van der Waals surface area contributed by atoms with Gasteiger partial charge in [0.15, 0.2) is 0 Å². The summed E-state index contributed by atoms with van der Waals surface area (Å²) in [6, 6.07) is 7.53. The molecule has 0 spiro atoms. The van der Waals surface area contributed by atoms with E-state index in [4.69, 9.17) is 14.2 Å². The van der Waals surface area contributed by atoms with Crippen molar-refractivity contribution >= 4 is 41.8 Å². The second-order valence-corrected chi connectivity index (χ2v) is 17.3. The van der Waals surface area contributed by atoms with Crippen LogP contribution in [-0.4, -0.2) is 73.8 Å². The molecule has 2 amide bonds. The van der Waals surface area contributed by atoms with Crippen LogP contribution in [0.2, 0.25) is 0 Å². The fourth-order valence-corrected chi connectivity index (χ4v) is 9.82. The number of thioether (sulfide) groups is 1. The number of benzene rings is 1. The quantitative estimate of drug-likeness (QED) is 0.104. The lowest BCUT2D eigenvalue weighted by atomic mass is 9.44. The zero-order valence-corrected chi connectivity index (χ0v) is 32.0. The SMILES string of the molecule is CO[C@@H]1CC[C@]23CC[C@@H](C)[C@](C)([C@H]12)[C@H](OC(=O)CSc1ccc(CC(=O)NCCCNC(=O)OC(C)(C)C)cc1)C[C@](C)(CC=O)C(=O)[C@@H]3C. The van der Waals surface area contributed by atoms with E-state index in [0.717, 1.165) is 42.4 Å². The Labute approximate surface area is 302 Å². The largest absolute Gasteiger partial charge is 0.461 e. The topological polar surface area (TPSA) is 137 Å². The van der Waals surface area contributed by atoms with Gasteiger partial charge in [0.25, 0.3) is 0 Å². The van der Waals surface area contributed by atoms with Gasteiger partial charge in [-0.05, 0) is 88.3 Å². The molecular weight excluding hydrogens is 657 g/mol. The smallest absolute Gasteiger partial charge is 0.407 e. The average molecular weight is 715 g/mol. The average Bonchev–Trinajstić information content (AvgIpc) is 3.45. The summed E-state index contributed by atoms with van der Waals surface area (Å²) in [6.07, 6.45) is 4.65. The molecule has 50 heavy (non-hydrogen) atoms. The number of carbonyl (C=O) groups excluding carboxylic acids is 5. The number of ether oxygens (including phenoxy) is 3. The van der Waals surface area contributed by atoms with Crippen LogP contribution in [0.4, 0.5) is 4.79 Å². The van der Waals surface area contributed by atoms with Gasteiger partial charge in [0.05, 0.1) is 18.3 Å². The first-order valence-electron chi connectivity index (χ1n) is 18.1. The van der Waals surface area contributed by atoms with Crippen molar-refractivity contribution < 1.29 is 38.2 Å². The van der Waals surface area contributed by atoms with Gasteiger partial charge in [0.1, 0.15) is 23.8 Å². The number of alkyl carbamates (subject to hydrolysis) is 1. The van der Waals surface area contributed by atoms with E-state index >= 15 is 0 Å². The van der Waals surface area contributed by atoms with E-state index < -0.39 is 28.6 Å². The molecule has 0 radical (unpaired) electrons. The number of nitrogens with one attached hydrogen (secondary N) is 2. The summed E-state index contributed by atoms with van der Waals surface area (Å²) in [5, 5.41) is 5.54. The number of methoxy groups -OCH3 is 1. The van der Waals surface area contributed by atoms with Crippen LogP contribution in [0.1, 0.15) is 99.0 Å². The maximum Gasteiger partial charge on any atom is 0.407 e. The highest BCUT2D eigenvalue weighted by Gasteiger charge is 2.68. The Morgan fingerprint density at radius 3 is 2.32 bits per heavy atom. The lowest BCUT2D eigenvalue weighted by molar-refractivity contribution is -0.205. The first kappa shape index (κ1) is 39.9. The Balaban J connectivity index is 1.36. The fourth-order valence-electron chi connectivity index (χ4n) is 9.14. The Morgan fingerprint density at radius 2 is 1.68 bits per heavy atom. The summed E-state index contributed by atoms with van der Waals surface area (Å²) >= 11 is 1.37. The molecule has 0 unspecified atom stereocenters. The van der Waals surface area contributed by atoms with Gasteiger partial charge >= 0.3 is 12.1 Å². The van der Waals surface area contributed by atoms with Crippen LogP contribution in [0, 0.1) is 34.0 Å². The number of rotatable bonds is 13. The van der Waals surface area contributed by atoms with E-state index in [0.29, 0.717) is 25.9 Å². The van der Waals surface area contributed by atoms with E-state index in [-0.39, 0.29) is 65.5 Å². The van der Waals surface area contributed by atoms with E-state index in [1.807, 2.05) is 31.2 Å². The monoisotopic (exact) mass is 714 g/mol. The molecule has 1 aromatic rings. The predicted octanol–water partition coefficient (Wildman–Crippen LogP) is 6.32. The van der Waals surface area contributed by atoms with E-state index in [1.54, 1.807) is 27.9 Å². The maximum atomic E-state index is 14.2. The number of esters is 1. The molecule has 0 saturated heterocycles. The van der Waals surface area contributed by atoms with Gasteiger partial charge in [-0.3, -0.25) is 14.4 Å². The van der Waals surface area contributed by atoms with Gasteiger partial charge in [-0.2, -0.15) is 0 Å². The molecule has 3 aliphatic carbocycles. The highest BCUT2D eigenvalue weighted by molar-refractivity contribution is 8.00. The molecule has 10 nitrogen and oxygen atoms in total. The van der Waals surface area contributed by atoms with Gasteiger partial charge in [-0.25, -0.2) is 4.79 Å². The molecule has 0 aliphatic heterocycles. The van der Waals surface area contributed by atoms with Crippen LogP contribution in [0.15, 0.2) is 29.2 Å². The molecule has 3 fully saturated rings. The molecule has 3 aliphatic rings. The second kappa shape index (κ2) is 16.2. The highest BCUT2D eigenvalue weighted by Crippen LogP contribution is 2.68. The van der Waals surface area contributed by atoms with E-state index in [9.17, 15) is 24.0 Å². The first-order valence-corrected chi connectivity index (χ1v) is 19.1. The molecule has 278 valence electrons. The Kier molecular flexibility index (Phi) is 12.9. The minimum absolute atomic E-state index is 0.0224. The second-order valence-electron chi connectivity index (χ2n) is 16.3. The summed E-state index contributed by atoms with van der Waals surface area (Å²) in [5.41, 5.74) is -1.31. The summed E-state index contributed by atoms with van der Waals surface area (Å²) in [6.45, 7) is 14.6. The third-order valence-electron chi connectivity index (χ3n) is 11.9. The van der Waals surface area contributed by atoms with Crippen LogP contribution in [0.25, 0.3) is 0 Å². The van der Waals surface area contributed by atoms with Crippen LogP contribution >= 0.6 is 11.8 Å². The lowest BCUT2D eigenvalue weighted by Crippen LogP contribution is -2.63. The maximum absolute atomic E-state index is 14.2. The van der Waals surface area contributed by atoms with E-state index in [2.05, 4.69) is 31.4 Å². The van der Waals surface area contributed by atoms with Crippen molar-refractivity contribution in [2.45, 2.75) is 123 Å². The standard InChI is InChI=1S/C39H58N2O8S/c1-25-14-16-39-17-15-29(47-8)33(39)38(25,7)30(23-37(6,18-21-42)34(45)26(39)2)48-32(44)24-50-28-12-10-27(11-13-28)22-31(43)40-19-9-20-41-35(46)49-36(3,4)5/h10-13,21,25-26,29-30,33H,9,14-20,22-24H2,1-8H3,(H,40,43)(H,41,46)/t25-,26+,29-,30-,33+,37+,38+,39+/m1/s1. The number of hydrogen-bond donors (Lipinski definition) is 2. The summed E-state index contributed by atoms with van der Waals surface area (Å²) in [7, 11) is 1.75. The van der Waals surface area contributed by atoms with Crippen molar-refractivity contribution in [3.8, 4) is 0 Å². The number of amides is 2. The number of aldehydes is 1. The molecule has 8 atom stereocenters. The summed E-state index contributed by atoms with van der Waals surface area (Å²) < 4.78 is 17.7. The molecule has 1 aromatic carbocycles. The zero-order chi connectivity index (χ0) is 36.9. The Hall–Kier alpha value is -2.92. The van der Waals surface area contributed by atoms with Gasteiger partial charge in [-0.1, -0.05) is 39.8 Å². The van der Waals surface area contributed by atoms with Gasteiger partial charge in [0, 0.05) is 54.2 Å². The third kappa shape index (κ3) is 8.75. The van der Waals surface area contributed by atoms with Gasteiger partial charge in [0.2, 0.25) is 5.91 Å². The number of hydrogen-bond acceptors (Lipinski definition) is 9. The van der Waals surface area contributed by atoms with Crippen LogP contribution < -0.4 is 10.6 Å². The Morgan fingerprint density at radius 1 is 1.02 bits per heavy atom. The van der Waals surface area contributed by atoms with Crippen molar-refractivity contribution in [1.29, 1.82) is 0 Å². The predicted molar refractivity (Wildman–Crippen MR) is 193 cm³/mol. The van der Waals surface area contributed by atoms with Crippen LogP contribution in [-0.2, 0) is 39.8 Å². The van der Waals surface area contributed by atoms with Crippen molar-refractivity contribution in [3.05, 3.63) is 29.8 Å². The van der Waals surface area contributed by atoms with Crippen molar-refractivity contribution in [2.24, 2.45) is 34.0 Å². The molecule has 2 bridgehead atoms. The summed E-state index contributed by atoms with van der Waals surface area (Å²) in [4.78, 5) is 64.8. The van der Waals surface area contributed by atoms with Gasteiger partial charge < -0.3 is 29.6 Å². The number of ketones is 1. The number of Topliss-reactive ketones (excluding diaryl/α,β-unsaturated/α-hetero) is 1. The molecule has 0 aromatic heterocycles. The van der Waals surface area contributed by atoms with Crippen molar-refractivity contribution in [2.75, 3.05) is 26.0 Å². The Bertz CT molecular complexity index is 1400. The fraction of sp³-hybridized carbons (Fsp3) is 0.718. The van der Waals surface area contributed by atoms with Gasteiger partial charge in [-0.15, -0.1) is 11.8 Å². The molecular formula is C39H58N2O8S. The molecule has 2 N–H and O–H groups in total. The molecule has 3 saturated carbocycles. The number of carbonyl (C=O) groups is 5. The van der Waals surface area contributed by atoms with Crippen LogP contribution in [0.5, 0.6) is 0 Å². The molecule has 11 heteroatoms. The highest BCUT2D eigenvalue weighted by atomic mass is 32.2. The first-order chi connectivity index (χ1) is 23.5. The molecule has 4 rings (SSSR count). The van der Waals surface area contributed by atoms with Crippen LogP contribution in [0.3, 0.4) is 0 Å². The van der Waals surface area contributed by atoms with Crippen molar-refractivity contribution in [1.82, 2.24) is 10.6 Å². The normalized spacial score (nSPS) is 32.2. The summed E-state index contributed by atoms with van der Waals surface area (Å²) in [5.74, 6) is -0.186. The van der Waals surface area contributed by atoms with E-state index in [1.165, 1.54) is 11.8 Å². The zero-order valence-electron chi connectivity index (χ0n) is 31.2. The van der Waals surface area contributed by atoms with Crippen molar-refractivity contribution in [3.63, 3.8) is 0 Å².